The monoisotopic (exact) mass is 438 g/mol. The third-order valence-electron chi connectivity index (χ3n) is 5.80. The molecule has 0 aromatic heterocycles. The first-order chi connectivity index (χ1) is 16.1. The number of benzene rings is 3. The molecule has 33 heavy (non-hydrogen) atoms. The quantitative estimate of drug-likeness (QED) is 0.459. The van der Waals surface area contributed by atoms with Crippen LogP contribution < -0.4 is 4.74 Å². The van der Waals surface area contributed by atoms with Crippen LogP contribution in [-0.4, -0.2) is 17.0 Å². The Balaban J connectivity index is 1.32. The molecule has 0 bridgehead atoms. The topological polar surface area (TPSA) is 41.9 Å². The van der Waals surface area contributed by atoms with Crippen molar-refractivity contribution in [2.24, 2.45) is 4.99 Å². The zero-order valence-corrected chi connectivity index (χ0v) is 18.3. The van der Waals surface area contributed by atoms with Gasteiger partial charge in [-0.15, -0.1) is 0 Å². The second kappa shape index (κ2) is 8.87. The van der Waals surface area contributed by atoms with E-state index in [1.54, 1.807) is 30.3 Å². The molecule has 2 aliphatic rings. The number of ether oxygens (including phenoxy) is 1. The number of fused-ring (bicyclic) bond motifs is 1. The van der Waals surface area contributed by atoms with E-state index in [0.29, 0.717) is 18.8 Å². The molecule has 3 aromatic rings. The van der Waals surface area contributed by atoms with Crippen molar-refractivity contribution in [3.05, 3.63) is 113 Å². The van der Waals surface area contributed by atoms with Gasteiger partial charge in [0.1, 0.15) is 5.75 Å². The van der Waals surface area contributed by atoms with Gasteiger partial charge in [-0.2, -0.15) is 0 Å². The molecule has 0 radical (unpaired) electrons. The van der Waals surface area contributed by atoms with Crippen LogP contribution in [0, 0.1) is 12.7 Å². The molecule has 0 spiro atoms. The maximum Gasteiger partial charge on any atom is 0.255 e. The number of allylic oxidation sites excluding steroid dienone is 3. The van der Waals surface area contributed by atoms with Crippen LogP contribution in [0.1, 0.15) is 39.0 Å². The van der Waals surface area contributed by atoms with Gasteiger partial charge < -0.3 is 9.64 Å². The number of para-hydroxylation sites is 1. The number of nitrogens with zero attached hydrogens (tertiary/aromatic N) is 2. The lowest BCUT2D eigenvalue weighted by Crippen LogP contribution is -2.23. The van der Waals surface area contributed by atoms with Crippen LogP contribution >= 0.6 is 0 Å². The van der Waals surface area contributed by atoms with Gasteiger partial charge in [0, 0.05) is 36.9 Å². The molecule has 3 aromatic carbocycles. The second-order valence-electron chi connectivity index (χ2n) is 8.19. The van der Waals surface area contributed by atoms with Crippen molar-refractivity contribution in [1.29, 1.82) is 0 Å². The Morgan fingerprint density at radius 1 is 1.09 bits per heavy atom. The largest absolute Gasteiger partial charge is 0.454 e. The summed E-state index contributed by atoms with van der Waals surface area (Å²) < 4.78 is 19.4. The van der Waals surface area contributed by atoms with Gasteiger partial charge in [-0.1, -0.05) is 36.4 Å². The summed E-state index contributed by atoms with van der Waals surface area (Å²) in [5.74, 6) is 0.369. The van der Waals surface area contributed by atoms with E-state index in [0.717, 1.165) is 39.9 Å². The Morgan fingerprint density at radius 2 is 1.91 bits per heavy atom. The van der Waals surface area contributed by atoms with Crippen molar-refractivity contribution in [3.8, 4) is 11.5 Å². The highest BCUT2D eigenvalue weighted by Gasteiger charge is 2.29. The van der Waals surface area contributed by atoms with E-state index < -0.39 is 5.82 Å². The summed E-state index contributed by atoms with van der Waals surface area (Å²) in [6, 6.07) is 17.8. The number of aryl methyl sites for hydroxylation is 1. The summed E-state index contributed by atoms with van der Waals surface area (Å²) in [7, 11) is 0. The third kappa shape index (κ3) is 4.35. The minimum atomic E-state index is -0.405. The SMILES string of the molecule is Cc1cc(C2=CC=CCC=N2)cc2c1C(=O)N(Cc1ccc(Oc3ccccc3F)cc1)C2. The molecule has 0 N–H and O–H groups in total. The summed E-state index contributed by atoms with van der Waals surface area (Å²) >= 11 is 0. The Bertz CT molecular complexity index is 1310. The molecule has 1 amide bonds. The van der Waals surface area contributed by atoms with Gasteiger partial charge in [0.2, 0.25) is 0 Å². The van der Waals surface area contributed by atoms with Gasteiger partial charge in [-0.05, 0) is 66.1 Å². The van der Waals surface area contributed by atoms with Crippen LogP contribution in [-0.2, 0) is 13.1 Å². The highest BCUT2D eigenvalue weighted by Crippen LogP contribution is 2.32. The maximum absolute atomic E-state index is 13.8. The molecule has 0 saturated heterocycles. The third-order valence-corrected chi connectivity index (χ3v) is 5.80. The van der Waals surface area contributed by atoms with Crippen LogP contribution in [0.15, 0.2) is 83.9 Å². The maximum atomic E-state index is 13.8. The molecule has 0 unspecified atom stereocenters. The van der Waals surface area contributed by atoms with Crippen LogP contribution in [0.3, 0.4) is 0 Å². The number of hydrogen-bond acceptors (Lipinski definition) is 3. The fourth-order valence-corrected chi connectivity index (χ4v) is 4.20. The molecule has 0 atom stereocenters. The Hall–Kier alpha value is -3.99. The van der Waals surface area contributed by atoms with Gasteiger partial charge in [0.15, 0.2) is 11.6 Å². The number of hydrogen-bond donors (Lipinski definition) is 0. The van der Waals surface area contributed by atoms with Crippen molar-refractivity contribution >= 4 is 17.8 Å². The average Bonchev–Trinajstić information content (AvgIpc) is 2.98. The lowest BCUT2D eigenvalue weighted by molar-refractivity contribution is 0.0766. The van der Waals surface area contributed by atoms with E-state index in [-0.39, 0.29) is 11.7 Å². The summed E-state index contributed by atoms with van der Waals surface area (Å²) in [5, 5.41) is 0. The highest BCUT2D eigenvalue weighted by atomic mass is 19.1. The number of halogens is 1. The van der Waals surface area contributed by atoms with Crippen LogP contribution in [0.2, 0.25) is 0 Å². The Kier molecular flexibility index (Phi) is 5.61. The van der Waals surface area contributed by atoms with Gasteiger partial charge in [0.05, 0.1) is 5.70 Å². The van der Waals surface area contributed by atoms with Crippen molar-refractivity contribution in [1.82, 2.24) is 4.90 Å². The van der Waals surface area contributed by atoms with Crippen LogP contribution in [0.5, 0.6) is 11.5 Å². The first kappa shape index (κ1) is 20.9. The van der Waals surface area contributed by atoms with E-state index in [4.69, 9.17) is 4.74 Å². The molecule has 5 heteroatoms. The van der Waals surface area contributed by atoms with Gasteiger partial charge >= 0.3 is 0 Å². The van der Waals surface area contributed by atoms with Crippen molar-refractivity contribution in [3.63, 3.8) is 0 Å². The van der Waals surface area contributed by atoms with Gasteiger partial charge in [0.25, 0.3) is 5.91 Å². The number of carbonyl (C=O) groups excluding carboxylic acids is 1. The molecule has 164 valence electrons. The highest BCUT2D eigenvalue weighted by molar-refractivity contribution is 6.00. The summed E-state index contributed by atoms with van der Waals surface area (Å²) in [4.78, 5) is 19.5. The van der Waals surface area contributed by atoms with E-state index >= 15 is 0 Å². The minimum Gasteiger partial charge on any atom is -0.454 e. The fourth-order valence-electron chi connectivity index (χ4n) is 4.20. The predicted octanol–water partition coefficient (Wildman–Crippen LogP) is 6.45. The number of carbonyl (C=O) groups is 1. The first-order valence-corrected chi connectivity index (χ1v) is 10.9. The van der Waals surface area contributed by atoms with Crippen LogP contribution in [0.4, 0.5) is 4.39 Å². The van der Waals surface area contributed by atoms with Crippen molar-refractivity contribution in [2.75, 3.05) is 0 Å². The zero-order valence-electron chi connectivity index (χ0n) is 18.3. The minimum absolute atomic E-state index is 0.0407. The van der Waals surface area contributed by atoms with Crippen molar-refractivity contribution < 1.29 is 13.9 Å². The predicted molar refractivity (Wildman–Crippen MR) is 128 cm³/mol. The molecule has 2 heterocycles. The first-order valence-electron chi connectivity index (χ1n) is 10.9. The smallest absolute Gasteiger partial charge is 0.255 e. The summed E-state index contributed by atoms with van der Waals surface area (Å²) in [6.07, 6.45) is 8.80. The zero-order chi connectivity index (χ0) is 22.8. The average molecular weight is 439 g/mol. The van der Waals surface area contributed by atoms with E-state index in [9.17, 15) is 9.18 Å². The van der Waals surface area contributed by atoms with E-state index in [1.807, 2.05) is 48.4 Å². The number of rotatable bonds is 5. The number of aliphatic imine (C=N–C) groups is 1. The summed E-state index contributed by atoms with van der Waals surface area (Å²) in [5.41, 5.74) is 5.69. The van der Waals surface area contributed by atoms with E-state index in [2.05, 4.69) is 17.1 Å². The molecular weight excluding hydrogens is 415 g/mol. The lowest BCUT2D eigenvalue weighted by atomic mass is 9.98. The van der Waals surface area contributed by atoms with Gasteiger partial charge in [-0.25, -0.2) is 4.39 Å². The van der Waals surface area contributed by atoms with E-state index in [1.165, 1.54) is 6.07 Å². The Morgan fingerprint density at radius 3 is 2.73 bits per heavy atom. The second-order valence-corrected chi connectivity index (χ2v) is 8.19. The molecule has 0 aliphatic carbocycles. The standard InChI is InChI=1S/C28H23FN2O2/c1-19-15-21(25-8-3-2-6-14-30-25)16-22-18-31(28(32)27(19)22)17-20-10-12-23(13-11-20)33-26-9-5-4-7-24(26)29/h2-5,7-16H,6,17-18H2,1H3. The molecule has 0 saturated carbocycles. The van der Waals surface area contributed by atoms with Gasteiger partial charge in [-0.3, -0.25) is 9.79 Å². The lowest BCUT2D eigenvalue weighted by Gasteiger charge is -2.16. The molecule has 0 fully saturated rings. The number of amides is 1. The van der Waals surface area contributed by atoms with Crippen molar-refractivity contribution in [2.45, 2.75) is 26.4 Å². The Labute approximate surface area is 192 Å². The normalized spacial score (nSPS) is 14.8. The fraction of sp³-hybridized carbons (Fsp3) is 0.143. The molecular formula is C28H23FN2O2. The summed E-state index contributed by atoms with van der Waals surface area (Å²) in [6.45, 7) is 3.03. The molecule has 2 aliphatic heterocycles. The van der Waals surface area contributed by atoms with Crippen LogP contribution in [0.25, 0.3) is 5.70 Å². The molecule has 4 nitrogen and oxygen atoms in total. The molecule has 5 rings (SSSR count).